The standard InChI is InChI=1S/C16H19Br2NS/c1-3-9-19-16(15-8-6-12(4-2)20-15)13-10-11(17)5-7-14(13)18/h5-8,10,16,19H,3-4,9H2,1-2H3. The van der Waals surface area contributed by atoms with Crippen LogP contribution in [0.3, 0.4) is 0 Å². The van der Waals surface area contributed by atoms with E-state index in [0.717, 1.165) is 28.3 Å². The fourth-order valence-corrected chi connectivity index (χ4v) is 4.03. The largest absolute Gasteiger partial charge is 0.306 e. The maximum Gasteiger partial charge on any atom is 0.0682 e. The maximum absolute atomic E-state index is 3.69. The van der Waals surface area contributed by atoms with Gasteiger partial charge in [-0.15, -0.1) is 11.3 Å². The van der Waals surface area contributed by atoms with Crippen LogP contribution in [0.2, 0.25) is 0 Å². The Bertz CT molecular complexity index is 565. The molecule has 0 aliphatic heterocycles. The summed E-state index contributed by atoms with van der Waals surface area (Å²) in [7, 11) is 0. The number of rotatable bonds is 6. The lowest BCUT2D eigenvalue weighted by atomic mass is 10.1. The van der Waals surface area contributed by atoms with Gasteiger partial charge >= 0.3 is 0 Å². The molecule has 1 unspecified atom stereocenters. The average molecular weight is 417 g/mol. The van der Waals surface area contributed by atoms with Gasteiger partial charge in [-0.1, -0.05) is 45.7 Å². The highest BCUT2D eigenvalue weighted by atomic mass is 79.9. The Labute approximate surface area is 142 Å². The number of benzene rings is 1. The summed E-state index contributed by atoms with van der Waals surface area (Å²) in [6.07, 6.45) is 2.24. The predicted octanol–water partition coefficient (Wildman–Crippen LogP) is 5.92. The Hall–Kier alpha value is -0.160. The normalized spacial score (nSPS) is 12.6. The van der Waals surface area contributed by atoms with Gasteiger partial charge in [0.05, 0.1) is 6.04 Å². The van der Waals surface area contributed by atoms with Crippen LogP contribution in [0.15, 0.2) is 39.3 Å². The van der Waals surface area contributed by atoms with E-state index in [9.17, 15) is 0 Å². The van der Waals surface area contributed by atoms with Crippen molar-refractivity contribution in [2.75, 3.05) is 6.54 Å². The Kier molecular flexibility index (Phi) is 6.27. The maximum atomic E-state index is 3.69. The molecule has 1 heterocycles. The first-order chi connectivity index (χ1) is 9.65. The summed E-state index contributed by atoms with van der Waals surface area (Å²) in [5.74, 6) is 0. The molecule has 0 aliphatic rings. The SMILES string of the molecule is CCCNC(c1ccc(CC)s1)c1cc(Br)ccc1Br. The predicted molar refractivity (Wildman–Crippen MR) is 95.7 cm³/mol. The monoisotopic (exact) mass is 415 g/mol. The molecule has 0 fully saturated rings. The second-order valence-corrected chi connectivity index (χ2v) is 7.68. The molecule has 20 heavy (non-hydrogen) atoms. The lowest BCUT2D eigenvalue weighted by molar-refractivity contribution is 0.604. The zero-order chi connectivity index (χ0) is 14.5. The fourth-order valence-electron chi connectivity index (χ4n) is 2.13. The number of nitrogens with one attached hydrogen (secondary N) is 1. The first kappa shape index (κ1) is 16.2. The molecule has 4 heteroatoms. The van der Waals surface area contributed by atoms with Crippen LogP contribution >= 0.6 is 43.2 Å². The smallest absolute Gasteiger partial charge is 0.0682 e. The minimum atomic E-state index is 0.257. The Balaban J connectivity index is 2.38. The second-order valence-electron chi connectivity index (χ2n) is 4.71. The molecule has 1 aromatic heterocycles. The van der Waals surface area contributed by atoms with E-state index in [4.69, 9.17) is 0 Å². The zero-order valence-corrected chi connectivity index (χ0v) is 15.7. The van der Waals surface area contributed by atoms with Gasteiger partial charge in [-0.05, 0) is 55.3 Å². The van der Waals surface area contributed by atoms with Crippen molar-refractivity contribution in [3.05, 3.63) is 54.6 Å². The summed E-state index contributed by atoms with van der Waals surface area (Å²) in [6.45, 7) is 5.42. The van der Waals surface area contributed by atoms with Crippen molar-refractivity contribution >= 4 is 43.2 Å². The summed E-state index contributed by atoms with van der Waals surface area (Å²) in [5.41, 5.74) is 1.29. The molecule has 1 nitrogen and oxygen atoms in total. The topological polar surface area (TPSA) is 12.0 Å². The van der Waals surface area contributed by atoms with E-state index in [2.05, 4.69) is 81.4 Å². The Morgan fingerprint density at radius 3 is 2.60 bits per heavy atom. The van der Waals surface area contributed by atoms with Gasteiger partial charge in [0.2, 0.25) is 0 Å². The average Bonchev–Trinajstić information content (AvgIpc) is 2.92. The van der Waals surface area contributed by atoms with E-state index in [1.165, 1.54) is 15.3 Å². The Morgan fingerprint density at radius 1 is 1.15 bits per heavy atom. The zero-order valence-electron chi connectivity index (χ0n) is 11.7. The molecule has 1 atom stereocenters. The molecule has 0 saturated heterocycles. The molecule has 2 aromatic rings. The van der Waals surface area contributed by atoms with Gasteiger partial charge < -0.3 is 5.32 Å². The third-order valence-corrected chi connectivity index (χ3v) is 5.69. The van der Waals surface area contributed by atoms with Crippen LogP contribution in [0.1, 0.15) is 41.6 Å². The number of hydrogen-bond donors (Lipinski definition) is 1. The van der Waals surface area contributed by atoms with E-state index >= 15 is 0 Å². The highest BCUT2D eigenvalue weighted by Crippen LogP contribution is 2.34. The van der Waals surface area contributed by atoms with Crippen molar-refractivity contribution in [1.29, 1.82) is 0 Å². The van der Waals surface area contributed by atoms with Crippen molar-refractivity contribution in [2.45, 2.75) is 32.7 Å². The lowest BCUT2D eigenvalue weighted by Gasteiger charge is -2.19. The minimum absolute atomic E-state index is 0.257. The van der Waals surface area contributed by atoms with Crippen LogP contribution in [-0.2, 0) is 6.42 Å². The molecule has 0 amide bonds. The quantitative estimate of drug-likeness (QED) is 0.615. The van der Waals surface area contributed by atoms with Crippen molar-refractivity contribution < 1.29 is 0 Å². The van der Waals surface area contributed by atoms with Crippen LogP contribution in [0.5, 0.6) is 0 Å². The number of halogens is 2. The van der Waals surface area contributed by atoms with E-state index in [1.807, 2.05) is 11.3 Å². The molecule has 0 spiro atoms. The molecule has 0 bridgehead atoms. The second kappa shape index (κ2) is 7.74. The highest BCUT2D eigenvalue weighted by molar-refractivity contribution is 9.11. The van der Waals surface area contributed by atoms with Gasteiger partial charge in [-0.3, -0.25) is 0 Å². The molecular formula is C16H19Br2NS. The molecule has 0 radical (unpaired) electrons. The van der Waals surface area contributed by atoms with Crippen LogP contribution in [-0.4, -0.2) is 6.54 Å². The van der Waals surface area contributed by atoms with E-state index < -0.39 is 0 Å². The van der Waals surface area contributed by atoms with Crippen molar-refractivity contribution in [2.24, 2.45) is 0 Å². The van der Waals surface area contributed by atoms with Crippen LogP contribution < -0.4 is 5.32 Å². The molecule has 1 N–H and O–H groups in total. The van der Waals surface area contributed by atoms with Gasteiger partial charge in [-0.25, -0.2) is 0 Å². The van der Waals surface area contributed by atoms with Gasteiger partial charge in [0.25, 0.3) is 0 Å². The summed E-state index contributed by atoms with van der Waals surface area (Å²) >= 11 is 9.17. The molecule has 108 valence electrons. The molecule has 0 saturated carbocycles. The lowest BCUT2D eigenvalue weighted by Crippen LogP contribution is -2.22. The van der Waals surface area contributed by atoms with E-state index in [-0.39, 0.29) is 6.04 Å². The minimum Gasteiger partial charge on any atom is -0.306 e. The Morgan fingerprint density at radius 2 is 1.95 bits per heavy atom. The van der Waals surface area contributed by atoms with Gasteiger partial charge in [0, 0.05) is 18.7 Å². The summed E-state index contributed by atoms with van der Waals surface area (Å²) in [6, 6.07) is 11.1. The van der Waals surface area contributed by atoms with Gasteiger partial charge in [0.1, 0.15) is 0 Å². The van der Waals surface area contributed by atoms with Crippen LogP contribution in [0.4, 0.5) is 0 Å². The fraction of sp³-hybridized carbons (Fsp3) is 0.375. The van der Waals surface area contributed by atoms with Gasteiger partial charge in [-0.2, -0.15) is 0 Å². The van der Waals surface area contributed by atoms with Gasteiger partial charge in [0.15, 0.2) is 0 Å². The number of aryl methyl sites for hydroxylation is 1. The summed E-state index contributed by atoms with van der Waals surface area (Å²) in [5, 5.41) is 3.67. The van der Waals surface area contributed by atoms with Crippen molar-refractivity contribution in [3.8, 4) is 0 Å². The van der Waals surface area contributed by atoms with Crippen molar-refractivity contribution in [1.82, 2.24) is 5.32 Å². The van der Waals surface area contributed by atoms with Crippen LogP contribution in [0, 0.1) is 0 Å². The number of hydrogen-bond acceptors (Lipinski definition) is 2. The first-order valence-electron chi connectivity index (χ1n) is 6.92. The third kappa shape index (κ3) is 3.94. The van der Waals surface area contributed by atoms with E-state index in [0.29, 0.717) is 0 Å². The third-order valence-electron chi connectivity index (χ3n) is 3.18. The highest BCUT2D eigenvalue weighted by Gasteiger charge is 2.18. The van der Waals surface area contributed by atoms with Crippen LogP contribution in [0.25, 0.3) is 0 Å². The van der Waals surface area contributed by atoms with E-state index in [1.54, 1.807) is 0 Å². The summed E-state index contributed by atoms with van der Waals surface area (Å²) in [4.78, 5) is 2.82. The number of thiophene rings is 1. The molecule has 1 aromatic carbocycles. The summed E-state index contributed by atoms with van der Waals surface area (Å²) < 4.78 is 2.27. The molecule has 2 rings (SSSR count). The first-order valence-corrected chi connectivity index (χ1v) is 9.32. The molecular weight excluding hydrogens is 398 g/mol. The molecule has 0 aliphatic carbocycles. The van der Waals surface area contributed by atoms with Crippen molar-refractivity contribution in [3.63, 3.8) is 0 Å².